The molecule has 0 unspecified atom stereocenters. The Labute approximate surface area is 179 Å². The molecule has 162 valence electrons. The van der Waals surface area contributed by atoms with E-state index in [4.69, 9.17) is 21.1 Å². The number of nitrogens with zero attached hydrogens (tertiary/aromatic N) is 1. The van der Waals surface area contributed by atoms with Crippen molar-refractivity contribution < 1.29 is 27.1 Å². The number of ether oxygens (including phenoxy) is 2. The molecule has 1 aliphatic heterocycles. The van der Waals surface area contributed by atoms with Crippen LogP contribution in [0, 0.1) is 11.7 Å². The molecule has 0 radical (unpaired) electrons. The number of rotatable bonds is 6. The number of hydrogen-bond acceptors (Lipinski definition) is 5. The first kappa shape index (κ1) is 22.3. The van der Waals surface area contributed by atoms with Crippen molar-refractivity contribution in [3.8, 4) is 11.5 Å². The van der Waals surface area contributed by atoms with Crippen molar-refractivity contribution >= 4 is 33.2 Å². The van der Waals surface area contributed by atoms with Gasteiger partial charge in [-0.05, 0) is 49.2 Å². The number of halogens is 2. The first-order chi connectivity index (χ1) is 14.3. The summed E-state index contributed by atoms with van der Waals surface area (Å²) in [5.41, 5.74) is 0.533. The predicted molar refractivity (Wildman–Crippen MR) is 111 cm³/mol. The van der Waals surface area contributed by atoms with Gasteiger partial charge in [-0.1, -0.05) is 11.6 Å². The average molecular weight is 457 g/mol. The van der Waals surface area contributed by atoms with Crippen LogP contribution in [0.5, 0.6) is 11.5 Å². The lowest BCUT2D eigenvalue weighted by atomic mass is 9.97. The van der Waals surface area contributed by atoms with E-state index in [0.717, 1.165) is 12.1 Å². The number of anilines is 1. The molecule has 1 heterocycles. The Morgan fingerprint density at radius 1 is 1.10 bits per heavy atom. The van der Waals surface area contributed by atoms with Crippen molar-refractivity contribution in [2.24, 2.45) is 5.92 Å². The van der Waals surface area contributed by atoms with Crippen LogP contribution in [0.4, 0.5) is 10.1 Å². The SMILES string of the molecule is COc1ccc(NC(=O)C2CCN(S(=O)(=O)c3cc(F)ccc3OC)CC2)cc1Cl. The van der Waals surface area contributed by atoms with Crippen LogP contribution in [-0.2, 0) is 14.8 Å². The maximum absolute atomic E-state index is 13.6. The number of methoxy groups -OCH3 is 2. The van der Waals surface area contributed by atoms with Crippen molar-refractivity contribution in [3.05, 3.63) is 47.2 Å². The smallest absolute Gasteiger partial charge is 0.246 e. The molecule has 2 aromatic carbocycles. The Morgan fingerprint density at radius 2 is 1.73 bits per heavy atom. The molecule has 2 aromatic rings. The van der Waals surface area contributed by atoms with Crippen molar-refractivity contribution in [2.75, 3.05) is 32.6 Å². The Balaban J connectivity index is 1.66. The highest BCUT2D eigenvalue weighted by molar-refractivity contribution is 7.89. The number of piperidine rings is 1. The molecule has 7 nitrogen and oxygen atoms in total. The van der Waals surface area contributed by atoms with Crippen molar-refractivity contribution in [3.63, 3.8) is 0 Å². The van der Waals surface area contributed by atoms with Gasteiger partial charge in [-0.15, -0.1) is 0 Å². The Morgan fingerprint density at radius 3 is 2.33 bits per heavy atom. The van der Waals surface area contributed by atoms with Gasteiger partial charge in [-0.3, -0.25) is 4.79 Å². The fourth-order valence-corrected chi connectivity index (χ4v) is 5.23. The monoisotopic (exact) mass is 456 g/mol. The van der Waals surface area contributed by atoms with Crippen LogP contribution in [0.1, 0.15) is 12.8 Å². The minimum atomic E-state index is -3.94. The molecule has 1 saturated heterocycles. The van der Waals surface area contributed by atoms with Crippen molar-refractivity contribution in [1.82, 2.24) is 4.31 Å². The summed E-state index contributed by atoms with van der Waals surface area (Å²) in [5, 5.41) is 3.17. The molecule has 1 amide bonds. The molecule has 0 bridgehead atoms. The van der Waals surface area contributed by atoms with Crippen LogP contribution in [0.2, 0.25) is 5.02 Å². The highest BCUT2D eigenvalue weighted by Gasteiger charge is 2.34. The highest BCUT2D eigenvalue weighted by atomic mass is 35.5. The van der Waals surface area contributed by atoms with Gasteiger partial charge in [-0.2, -0.15) is 4.31 Å². The minimum Gasteiger partial charge on any atom is -0.495 e. The van der Waals surface area contributed by atoms with Gasteiger partial charge in [0.05, 0.1) is 19.2 Å². The Bertz CT molecular complexity index is 1040. The summed E-state index contributed by atoms with van der Waals surface area (Å²) in [6, 6.07) is 8.29. The fourth-order valence-electron chi connectivity index (χ4n) is 3.34. The van der Waals surface area contributed by atoms with Gasteiger partial charge in [0.2, 0.25) is 15.9 Å². The molecular weight excluding hydrogens is 435 g/mol. The quantitative estimate of drug-likeness (QED) is 0.718. The maximum atomic E-state index is 13.6. The molecule has 1 aliphatic rings. The van der Waals surface area contributed by atoms with Gasteiger partial charge in [0.1, 0.15) is 22.2 Å². The van der Waals surface area contributed by atoms with Crippen LogP contribution in [0.3, 0.4) is 0 Å². The zero-order chi connectivity index (χ0) is 21.9. The first-order valence-electron chi connectivity index (χ1n) is 9.24. The largest absolute Gasteiger partial charge is 0.495 e. The number of sulfonamides is 1. The van der Waals surface area contributed by atoms with E-state index < -0.39 is 15.8 Å². The van der Waals surface area contributed by atoms with Gasteiger partial charge in [-0.25, -0.2) is 12.8 Å². The molecule has 0 aromatic heterocycles. The van der Waals surface area contributed by atoms with Crippen molar-refractivity contribution in [2.45, 2.75) is 17.7 Å². The summed E-state index contributed by atoms with van der Waals surface area (Å²) in [7, 11) is -1.11. The summed E-state index contributed by atoms with van der Waals surface area (Å²) >= 11 is 6.08. The lowest BCUT2D eigenvalue weighted by molar-refractivity contribution is -0.120. The third-order valence-corrected chi connectivity index (χ3v) is 7.20. The lowest BCUT2D eigenvalue weighted by Crippen LogP contribution is -2.41. The third-order valence-electron chi connectivity index (χ3n) is 4.99. The normalized spacial score (nSPS) is 15.6. The standard InChI is InChI=1S/C20H22ClFN2O5S/c1-28-17-6-4-15(12-16(17)21)23-20(25)13-7-9-24(10-8-13)30(26,27)19-11-14(22)3-5-18(19)29-2/h3-6,11-13H,7-10H2,1-2H3,(H,23,25). The second-order valence-electron chi connectivity index (χ2n) is 6.81. The van der Waals surface area contributed by atoms with Gasteiger partial charge < -0.3 is 14.8 Å². The van der Waals surface area contributed by atoms with Crippen LogP contribution >= 0.6 is 11.6 Å². The molecule has 0 spiro atoms. The number of carbonyl (C=O) groups excluding carboxylic acids is 1. The average Bonchev–Trinajstić information content (AvgIpc) is 2.74. The van der Waals surface area contributed by atoms with E-state index in [2.05, 4.69) is 5.32 Å². The molecule has 0 aliphatic carbocycles. The molecule has 1 fully saturated rings. The second-order valence-corrected chi connectivity index (χ2v) is 9.13. The zero-order valence-corrected chi connectivity index (χ0v) is 18.1. The summed E-state index contributed by atoms with van der Waals surface area (Å²) in [6.07, 6.45) is 0.680. The summed E-state index contributed by atoms with van der Waals surface area (Å²) in [6.45, 7) is 0.285. The van der Waals surface area contributed by atoms with Gasteiger partial charge in [0.25, 0.3) is 0 Å². The number of nitrogens with one attached hydrogen (secondary N) is 1. The van der Waals surface area contributed by atoms with Crippen LogP contribution in [0.15, 0.2) is 41.3 Å². The number of benzene rings is 2. The first-order valence-corrected chi connectivity index (χ1v) is 11.1. The fraction of sp³-hybridized carbons (Fsp3) is 0.350. The summed E-state index contributed by atoms with van der Waals surface area (Å²) < 4.78 is 50.9. The molecule has 0 saturated carbocycles. The van der Waals surface area contributed by atoms with E-state index in [1.54, 1.807) is 18.2 Å². The number of amides is 1. The zero-order valence-electron chi connectivity index (χ0n) is 16.5. The molecule has 30 heavy (non-hydrogen) atoms. The third kappa shape index (κ3) is 4.69. The lowest BCUT2D eigenvalue weighted by Gasteiger charge is -2.31. The topological polar surface area (TPSA) is 84.9 Å². The van der Waals surface area contributed by atoms with E-state index in [-0.39, 0.29) is 35.6 Å². The van der Waals surface area contributed by atoms with E-state index >= 15 is 0 Å². The van der Waals surface area contributed by atoms with Crippen LogP contribution in [0.25, 0.3) is 0 Å². The number of hydrogen-bond donors (Lipinski definition) is 1. The van der Waals surface area contributed by atoms with Gasteiger partial charge >= 0.3 is 0 Å². The van der Waals surface area contributed by atoms with Crippen LogP contribution in [-0.4, -0.2) is 45.9 Å². The number of carbonyl (C=O) groups is 1. The van der Waals surface area contributed by atoms with Gasteiger partial charge in [0, 0.05) is 24.7 Å². The second kappa shape index (κ2) is 9.20. The Kier molecular flexibility index (Phi) is 6.84. The molecule has 0 atom stereocenters. The molecule has 1 N–H and O–H groups in total. The van der Waals surface area contributed by atoms with E-state index in [9.17, 15) is 17.6 Å². The molecule has 3 rings (SSSR count). The van der Waals surface area contributed by atoms with Crippen LogP contribution < -0.4 is 14.8 Å². The van der Waals surface area contributed by atoms with E-state index in [1.807, 2.05) is 0 Å². The minimum absolute atomic E-state index is 0.0765. The summed E-state index contributed by atoms with van der Waals surface area (Å²) in [5.74, 6) is -0.654. The Hall–Kier alpha value is -2.36. The maximum Gasteiger partial charge on any atom is 0.246 e. The molecular formula is C20H22ClFN2O5S. The highest BCUT2D eigenvalue weighted by Crippen LogP contribution is 2.31. The van der Waals surface area contributed by atoms with Gasteiger partial charge in [0.15, 0.2) is 0 Å². The van der Waals surface area contributed by atoms with E-state index in [1.165, 1.54) is 24.6 Å². The predicted octanol–water partition coefficient (Wildman–Crippen LogP) is 3.54. The van der Waals surface area contributed by atoms with Crippen molar-refractivity contribution in [1.29, 1.82) is 0 Å². The van der Waals surface area contributed by atoms with E-state index in [0.29, 0.717) is 29.3 Å². The summed E-state index contributed by atoms with van der Waals surface area (Å²) in [4.78, 5) is 12.4. The molecule has 10 heteroatoms.